The van der Waals surface area contributed by atoms with E-state index < -0.39 is 0 Å². The Morgan fingerprint density at radius 3 is 2.59 bits per heavy atom. The van der Waals surface area contributed by atoms with E-state index in [1.165, 1.54) is 24.0 Å². The zero-order chi connectivity index (χ0) is 18.2. The maximum atomic E-state index is 4.51. The zero-order valence-electron chi connectivity index (χ0n) is 16.2. The maximum Gasteiger partial charge on any atom is 0.191 e. The molecule has 0 bridgehead atoms. The van der Waals surface area contributed by atoms with Gasteiger partial charge in [0.15, 0.2) is 5.96 Å². The molecule has 1 aromatic heterocycles. The van der Waals surface area contributed by atoms with Gasteiger partial charge in [-0.3, -0.25) is 4.99 Å². The number of rotatable bonds is 6. The van der Waals surface area contributed by atoms with Crippen molar-refractivity contribution in [2.24, 2.45) is 4.99 Å². The van der Waals surface area contributed by atoms with Gasteiger partial charge in [-0.25, -0.2) is 4.98 Å². The fourth-order valence-corrected chi connectivity index (χ4v) is 3.25. The SMILES string of the molecule is CN=C(NCc1ccnc(N2CCCC2)c1)NCC(C)c1ccccc1.I. The van der Waals surface area contributed by atoms with Crippen molar-refractivity contribution in [2.45, 2.75) is 32.2 Å². The molecule has 0 aliphatic carbocycles. The quantitative estimate of drug-likeness (QED) is 0.377. The zero-order valence-corrected chi connectivity index (χ0v) is 18.5. The molecular formula is C21H30IN5. The number of aromatic nitrogens is 1. The molecular weight excluding hydrogens is 449 g/mol. The van der Waals surface area contributed by atoms with Gasteiger partial charge in [-0.15, -0.1) is 24.0 Å². The minimum absolute atomic E-state index is 0. The number of nitrogens with zero attached hydrogens (tertiary/aromatic N) is 3. The first-order valence-corrected chi connectivity index (χ1v) is 9.45. The molecule has 1 fully saturated rings. The van der Waals surface area contributed by atoms with Crippen molar-refractivity contribution in [3.05, 3.63) is 59.8 Å². The Morgan fingerprint density at radius 1 is 1.15 bits per heavy atom. The Kier molecular flexibility index (Phi) is 8.84. The molecule has 146 valence electrons. The molecule has 1 aromatic carbocycles. The number of pyridine rings is 1. The van der Waals surface area contributed by atoms with E-state index in [0.29, 0.717) is 5.92 Å². The molecule has 27 heavy (non-hydrogen) atoms. The van der Waals surface area contributed by atoms with Crippen molar-refractivity contribution < 1.29 is 0 Å². The number of nitrogens with one attached hydrogen (secondary N) is 2. The Hall–Kier alpha value is -1.83. The molecule has 2 N–H and O–H groups in total. The lowest BCUT2D eigenvalue weighted by atomic mass is 10.0. The van der Waals surface area contributed by atoms with E-state index in [0.717, 1.165) is 38.0 Å². The molecule has 0 spiro atoms. The van der Waals surface area contributed by atoms with Crippen molar-refractivity contribution in [3.8, 4) is 0 Å². The highest BCUT2D eigenvalue weighted by atomic mass is 127. The molecule has 1 atom stereocenters. The van der Waals surface area contributed by atoms with E-state index >= 15 is 0 Å². The number of guanidine groups is 1. The van der Waals surface area contributed by atoms with E-state index in [9.17, 15) is 0 Å². The van der Waals surface area contributed by atoms with Crippen LogP contribution in [0.25, 0.3) is 0 Å². The average Bonchev–Trinajstić information content (AvgIpc) is 3.24. The van der Waals surface area contributed by atoms with Gasteiger partial charge in [-0.1, -0.05) is 37.3 Å². The van der Waals surface area contributed by atoms with Crippen LogP contribution < -0.4 is 15.5 Å². The summed E-state index contributed by atoms with van der Waals surface area (Å²) in [6, 6.07) is 14.8. The monoisotopic (exact) mass is 479 g/mol. The number of aliphatic imine (C=N–C) groups is 1. The summed E-state index contributed by atoms with van der Waals surface area (Å²) >= 11 is 0. The van der Waals surface area contributed by atoms with E-state index in [-0.39, 0.29) is 24.0 Å². The van der Waals surface area contributed by atoms with Crippen LogP contribution in [0.3, 0.4) is 0 Å². The van der Waals surface area contributed by atoms with Gasteiger partial charge in [0.1, 0.15) is 5.82 Å². The Bertz CT molecular complexity index is 714. The van der Waals surface area contributed by atoms with Crippen LogP contribution in [-0.2, 0) is 6.54 Å². The molecule has 2 heterocycles. The first-order chi connectivity index (χ1) is 12.8. The lowest BCUT2D eigenvalue weighted by Gasteiger charge is -2.18. The van der Waals surface area contributed by atoms with Crippen LogP contribution in [0.5, 0.6) is 0 Å². The molecule has 2 aromatic rings. The average molecular weight is 479 g/mol. The predicted molar refractivity (Wildman–Crippen MR) is 124 cm³/mol. The smallest absolute Gasteiger partial charge is 0.191 e. The van der Waals surface area contributed by atoms with E-state index in [1.54, 1.807) is 0 Å². The first kappa shape index (κ1) is 21.5. The lowest BCUT2D eigenvalue weighted by molar-refractivity contribution is 0.699. The molecule has 5 nitrogen and oxygen atoms in total. The third-order valence-electron chi connectivity index (χ3n) is 4.87. The summed E-state index contributed by atoms with van der Waals surface area (Å²) in [6.45, 7) is 6.04. The molecule has 0 saturated carbocycles. The summed E-state index contributed by atoms with van der Waals surface area (Å²) in [7, 11) is 1.81. The van der Waals surface area contributed by atoms with Gasteiger partial charge >= 0.3 is 0 Å². The van der Waals surface area contributed by atoms with E-state index in [2.05, 4.69) is 74.9 Å². The molecule has 1 aliphatic heterocycles. The summed E-state index contributed by atoms with van der Waals surface area (Å²) in [5, 5.41) is 6.82. The summed E-state index contributed by atoms with van der Waals surface area (Å²) < 4.78 is 0. The van der Waals surface area contributed by atoms with Gasteiger partial charge in [0.25, 0.3) is 0 Å². The highest BCUT2D eigenvalue weighted by Crippen LogP contribution is 2.18. The van der Waals surface area contributed by atoms with E-state index in [1.807, 2.05) is 13.2 Å². The third-order valence-corrected chi connectivity index (χ3v) is 4.87. The predicted octanol–water partition coefficient (Wildman–Crippen LogP) is 3.77. The Balaban J connectivity index is 0.00000261. The van der Waals surface area contributed by atoms with Gasteiger partial charge in [0, 0.05) is 39.4 Å². The van der Waals surface area contributed by atoms with Crippen molar-refractivity contribution in [2.75, 3.05) is 31.6 Å². The van der Waals surface area contributed by atoms with E-state index in [4.69, 9.17) is 0 Å². The van der Waals surface area contributed by atoms with Crippen LogP contribution in [0.15, 0.2) is 53.7 Å². The summed E-state index contributed by atoms with van der Waals surface area (Å²) in [6.07, 6.45) is 4.43. The normalized spacial score (nSPS) is 15.2. The van der Waals surface area contributed by atoms with Crippen LogP contribution in [0, 0.1) is 0 Å². The van der Waals surface area contributed by atoms with Gasteiger partial charge in [-0.05, 0) is 42.0 Å². The Morgan fingerprint density at radius 2 is 1.89 bits per heavy atom. The van der Waals surface area contributed by atoms with Crippen molar-refractivity contribution >= 4 is 35.8 Å². The van der Waals surface area contributed by atoms with Crippen molar-refractivity contribution in [3.63, 3.8) is 0 Å². The second-order valence-corrected chi connectivity index (χ2v) is 6.83. The summed E-state index contributed by atoms with van der Waals surface area (Å²) in [5.74, 6) is 2.34. The molecule has 0 amide bonds. The largest absolute Gasteiger partial charge is 0.357 e. The Labute approximate surface area is 179 Å². The molecule has 1 unspecified atom stereocenters. The number of benzene rings is 1. The highest BCUT2D eigenvalue weighted by molar-refractivity contribution is 14.0. The summed E-state index contributed by atoms with van der Waals surface area (Å²) in [5.41, 5.74) is 2.56. The van der Waals surface area contributed by atoms with Crippen LogP contribution in [0.2, 0.25) is 0 Å². The van der Waals surface area contributed by atoms with Crippen LogP contribution in [-0.4, -0.2) is 37.6 Å². The minimum Gasteiger partial charge on any atom is -0.357 e. The van der Waals surface area contributed by atoms with Crippen LogP contribution >= 0.6 is 24.0 Å². The second kappa shape index (κ2) is 11.1. The molecule has 1 aliphatic rings. The van der Waals surface area contributed by atoms with Crippen molar-refractivity contribution in [1.82, 2.24) is 15.6 Å². The number of halogens is 1. The standard InChI is InChI=1S/C21H29N5.HI/c1-17(19-8-4-3-5-9-19)15-24-21(22-2)25-16-18-10-11-23-20(14-18)26-12-6-7-13-26;/h3-5,8-11,14,17H,6-7,12-13,15-16H2,1-2H3,(H2,22,24,25);1H. The fraction of sp³-hybridized carbons (Fsp3) is 0.429. The molecule has 0 radical (unpaired) electrons. The minimum atomic E-state index is 0. The third kappa shape index (κ3) is 6.37. The van der Waals surface area contributed by atoms with Gasteiger partial charge in [-0.2, -0.15) is 0 Å². The van der Waals surface area contributed by atoms with Crippen LogP contribution in [0.4, 0.5) is 5.82 Å². The maximum absolute atomic E-state index is 4.51. The number of anilines is 1. The van der Waals surface area contributed by atoms with Gasteiger partial charge < -0.3 is 15.5 Å². The topological polar surface area (TPSA) is 52.6 Å². The fourth-order valence-electron chi connectivity index (χ4n) is 3.25. The molecule has 6 heteroatoms. The van der Waals surface area contributed by atoms with Gasteiger partial charge in [0.05, 0.1) is 0 Å². The number of hydrogen-bond donors (Lipinski definition) is 2. The van der Waals surface area contributed by atoms with Crippen molar-refractivity contribution in [1.29, 1.82) is 0 Å². The first-order valence-electron chi connectivity index (χ1n) is 9.45. The second-order valence-electron chi connectivity index (χ2n) is 6.83. The summed E-state index contributed by atoms with van der Waals surface area (Å²) in [4.78, 5) is 11.2. The molecule has 3 rings (SSSR count). The lowest BCUT2D eigenvalue weighted by Crippen LogP contribution is -2.38. The van der Waals surface area contributed by atoms with Crippen LogP contribution in [0.1, 0.15) is 36.8 Å². The molecule has 1 saturated heterocycles. The number of hydrogen-bond acceptors (Lipinski definition) is 3. The van der Waals surface area contributed by atoms with Gasteiger partial charge in [0.2, 0.25) is 0 Å². The highest BCUT2D eigenvalue weighted by Gasteiger charge is 2.13.